The molecule has 6 heteroatoms. The Kier molecular flexibility index (Phi) is 5.91. The van der Waals surface area contributed by atoms with Crippen LogP contribution in [0.15, 0.2) is 28.7 Å². The molecule has 136 valence electrons. The second kappa shape index (κ2) is 8.34. The molecule has 1 aromatic heterocycles. The maximum absolute atomic E-state index is 12.5. The van der Waals surface area contributed by atoms with E-state index >= 15 is 0 Å². The Morgan fingerprint density at radius 3 is 2.84 bits per heavy atom. The van der Waals surface area contributed by atoms with Crippen LogP contribution in [0.1, 0.15) is 39.0 Å². The largest absolute Gasteiger partial charge is 0.423 e. The number of nitrogens with zero attached hydrogens (tertiary/aromatic N) is 2. The van der Waals surface area contributed by atoms with Crippen LogP contribution in [0, 0.1) is 5.92 Å². The maximum Gasteiger partial charge on any atom is 0.298 e. The van der Waals surface area contributed by atoms with E-state index < -0.39 is 0 Å². The summed E-state index contributed by atoms with van der Waals surface area (Å²) in [6.45, 7) is 4.23. The van der Waals surface area contributed by atoms with Crippen molar-refractivity contribution < 1.29 is 9.21 Å². The van der Waals surface area contributed by atoms with Crippen molar-refractivity contribution in [1.82, 2.24) is 10.3 Å². The number of carbonyl (C=O) groups is 1. The monoisotopic (exact) mass is 344 g/mol. The molecular weight excluding hydrogens is 316 g/mol. The fourth-order valence-corrected chi connectivity index (χ4v) is 3.35. The number of oxazole rings is 1. The lowest BCUT2D eigenvalue weighted by Crippen LogP contribution is -2.46. The van der Waals surface area contributed by atoms with Gasteiger partial charge in [-0.15, -0.1) is 0 Å². The summed E-state index contributed by atoms with van der Waals surface area (Å²) in [5.41, 5.74) is 7.46. The zero-order chi connectivity index (χ0) is 17.6. The summed E-state index contributed by atoms with van der Waals surface area (Å²) >= 11 is 0. The van der Waals surface area contributed by atoms with Gasteiger partial charge in [-0.25, -0.2) is 0 Å². The lowest BCUT2D eigenvalue weighted by atomic mass is 9.95. The van der Waals surface area contributed by atoms with Crippen LogP contribution in [0.3, 0.4) is 0 Å². The Labute approximate surface area is 148 Å². The Morgan fingerprint density at radius 2 is 2.16 bits per heavy atom. The van der Waals surface area contributed by atoms with Gasteiger partial charge >= 0.3 is 0 Å². The van der Waals surface area contributed by atoms with Gasteiger partial charge < -0.3 is 20.4 Å². The SMILES string of the molecule is CCCCC(CN)NC(=O)C1CCN(c2nc3ccccc3o2)CC1. The highest BCUT2D eigenvalue weighted by molar-refractivity contribution is 5.79. The summed E-state index contributed by atoms with van der Waals surface area (Å²) in [6.07, 6.45) is 4.80. The van der Waals surface area contributed by atoms with Gasteiger partial charge in [0.25, 0.3) is 6.01 Å². The molecule has 25 heavy (non-hydrogen) atoms. The van der Waals surface area contributed by atoms with Crippen molar-refractivity contribution in [1.29, 1.82) is 0 Å². The van der Waals surface area contributed by atoms with Gasteiger partial charge in [0.05, 0.1) is 0 Å². The van der Waals surface area contributed by atoms with Gasteiger partial charge in [-0.05, 0) is 31.4 Å². The van der Waals surface area contributed by atoms with E-state index in [-0.39, 0.29) is 17.9 Å². The molecule has 3 rings (SSSR count). The van der Waals surface area contributed by atoms with E-state index in [0.29, 0.717) is 12.6 Å². The molecule has 1 aliphatic rings. The van der Waals surface area contributed by atoms with Crippen LogP contribution in [0.4, 0.5) is 6.01 Å². The number of benzene rings is 1. The number of carbonyl (C=O) groups excluding carboxylic acids is 1. The average Bonchev–Trinajstić information content (AvgIpc) is 3.09. The van der Waals surface area contributed by atoms with Crippen molar-refractivity contribution in [2.75, 3.05) is 24.5 Å². The van der Waals surface area contributed by atoms with Crippen LogP contribution in [0.2, 0.25) is 0 Å². The molecule has 1 aliphatic heterocycles. The van der Waals surface area contributed by atoms with E-state index in [0.717, 1.165) is 56.3 Å². The number of hydrogen-bond acceptors (Lipinski definition) is 5. The topological polar surface area (TPSA) is 84.4 Å². The molecule has 1 fully saturated rings. The van der Waals surface area contributed by atoms with E-state index in [2.05, 4.69) is 22.1 Å². The highest BCUT2D eigenvalue weighted by atomic mass is 16.4. The number of anilines is 1. The summed E-state index contributed by atoms with van der Waals surface area (Å²) in [4.78, 5) is 19.2. The van der Waals surface area contributed by atoms with Gasteiger partial charge in [0.1, 0.15) is 5.52 Å². The van der Waals surface area contributed by atoms with Gasteiger partial charge in [-0.2, -0.15) is 4.98 Å². The van der Waals surface area contributed by atoms with Crippen molar-refractivity contribution in [3.63, 3.8) is 0 Å². The number of rotatable bonds is 7. The zero-order valence-electron chi connectivity index (χ0n) is 14.9. The van der Waals surface area contributed by atoms with Crippen LogP contribution in [0.25, 0.3) is 11.1 Å². The number of nitrogens with one attached hydrogen (secondary N) is 1. The van der Waals surface area contributed by atoms with Crippen molar-refractivity contribution >= 4 is 23.0 Å². The summed E-state index contributed by atoms with van der Waals surface area (Å²) in [7, 11) is 0. The molecule has 0 bridgehead atoms. The highest BCUT2D eigenvalue weighted by Gasteiger charge is 2.28. The Balaban J connectivity index is 1.53. The van der Waals surface area contributed by atoms with E-state index in [9.17, 15) is 4.79 Å². The van der Waals surface area contributed by atoms with Crippen LogP contribution in [-0.4, -0.2) is 36.6 Å². The highest BCUT2D eigenvalue weighted by Crippen LogP contribution is 2.26. The van der Waals surface area contributed by atoms with Crippen molar-refractivity contribution in [2.45, 2.75) is 45.1 Å². The normalized spacial score (nSPS) is 17.0. The number of unbranched alkanes of at least 4 members (excludes halogenated alkanes) is 1. The Hall–Kier alpha value is -2.08. The molecule has 2 aromatic rings. The average molecular weight is 344 g/mol. The van der Waals surface area contributed by atoms with Gasteiger partial charge in [0, 0.05) is 31.6 Å². The van der Waals surface area contributed by atoms with Crippen molar-refractivity contribution in [2.24, 2.45) is 11.7 Å². The van der Waals surface area contributed by atoms with Crippen molar-refractivity contribution in [3.05, 3.63) is 24.3 Å². The number of nitrogens with two attached hydrogens (primary N) is 1. The fourth-order valence-electron chi connectivity index (χ4n) is 3.35. The lowest BCUT2D eigenvalue weighted by Gasteiger charge is -2.31. The summed E-state index contributed by atoms with van der Waals surface area (Å²) in [5, 5.41) is 3.13. The predicted molar refractivity (Wildman–Crippen MR) is 99.5 cm³/mol. The molecule has 2 heterocycles. The molecule has 1 aromatic carbocycles. The third kappa shape index (κ3) is 4.31. The van der Waals surface area contributed by atoms with Gasteiger partial charge in [0.15, 0.2) is 5.58 Å². The molecular formula is C19H28N4O2. The first kappa shape index (κ1) is 17.7. The van der Waals surface area contributed by atoms with E-state index in [4.69, 9.17) is 10.2 Å². The molecule has 6 nitrogen and oxygen atoms in total. The smallest absolute Gasteiger partial charge is 0.298 e. The first-order chi connectivity index (χ1) is 12.2. The number of aromatic nitrogens is 1. The summed E-state index contributed by atoms with van der Waals surface area (Å²) in [6, 6.07) is 8.53. The van der Waals surface area contributed by atoms with Crippen LogP contribution in [-0.2, 0) is 4.79 Å². The van der Waals surface area contributed by atoms with Crippen molar-refractivity contribution in [3.8, 4) is 0 Å². The molecule has 0 spiro atoms. The van der Waals surface area contributed by atoms with Crippen LogP contribution >= 0.6 is 0 Å². The van der Waals surface area contributed by atoms with E-state index in [1.54, 1.807) is 0 Å². The van der Waals surface area contributed by atoms with Crippen LogP contribution in [0.5, 0.6) is 0 Å². The van der Waals surface area contributed by atoms with Gasteiger partial charge in [0.2, 0.25) is 5.91 Å². The molecule has 1 amide bonds. The predicted octanol–water partition coefficient (Wildman–Crippen LogP) is 2.68. The lowest BCUT2D eigenvalue weighted by molar-refractivity contribution is -0.126. The second-order valence-corrected chi connectivity index (χ2v) is 6.81. The molecule has 1 saturated heterocycles. The molecule has 3 N–H and O–H groups in total. The van der Waals surface area contributed by atoms with Gasteiger partial charge in [-0.1, -0.05) is 31.9 Å². The number of amides is 1. The van der Waals surface area contributed by atoms with Crippen LogP contribution < -0.4 is 16.0 Å². The summed E-state index contributed by atoms with van der Waals surface area (Å²) in [5.74, 6) is 0.195. The Bertz CT molecular complexity index is 659. The minimum absolute atomic E-state index is 0.0521. The number of hydrogen-bond donors (Lipinski definition) is 2. The zero-order valence-corrected chi connectivity index (χ0v) is 14.9. The third-order valence-electron chi connectivity index (χ3n) is 4.96. The Morgan fingerprint density at radius 1 is 1.40 bits per heavy atom. The van der Waals surface area contributed by atoms with E-state index in [1.807, 2.05) is 24.3 Å². The first-order valence-electron chi connectivity index (χ1n) is 9.32. The molecule has 1 atom stereocenters. The molecule has 0 aliphatic carbocycles. The number of fused-ring (bicyclic) bond motifs is 1. The standard InChI is InChI=1S/C19H28N4O2/c1-2-3-6-15(13-20)21-18(24)14-9-11-23(12-10-14)19-22-16-7-4-5-8-17(16)25-19/h4-5,7-8,14-15H,2-3,6,9-13,20H2,1H3,(H,21,24). The molecule has 0 saturated carbocycles. The van der Waals surface area contributed by atoms with Gasteiger partial charge in [-0.3, -0.25) is 4.79 Å². The number of para-hydroxylation sites is 2. The minimum Gasteiger partial charge on any atom is -0.423 e. The fraction of sp³-hybridized carbons (Fsp3) is 0.579. The molecule has 1 unspecified atom stereocenters. The first-order valence-corrected chi connectivity index (χ1v) is 9.32. The minimum atomic E-state index is 0.0521. The third-order valence-corrected chi connectivity index (χ3v) is 4.96. The maximum atomic E-state index is 12.5. The molecule has 0 radical (unpaired) electrons. The second-order valence-electron chi connectivity index (χ2n) is 6.81. The quantitative estimate of drug-likeness (QED) is 0.807. The van der Waals surface area contributed by atoms with E-state index in [1.165, 1.54) is 0 Å². The number of piperidine rings is 1. The summed E-state index contributed by atoms with van der Waals surface area (Å²) < 4.78 is 5.83.